The molecule has 2 aromatic rings. The maximum Gasteiger partial charge on any atom is 0.253 e. The number of rotatable bonds is 8. The second kappa shape index (κ2) is 10.1. The van der Waals surface area contributed by atoms with Gasteiger partial charge >= 0.3 is 0 Å². The van der Waals surface area contributed by atoms with Crippen LogP contribution >= 0.6 is 11.8 Å². The van der Waals surface area contributed by atoms with E-state index in [1.165, 1.54) is 5.56 Å². The molecule has 5 nitrogen and oxygen atoms in total. The van der Waals surface area contributed by atoms with Crippen molar-refractivity contribution in [3.05, 3.63) is 47.2 Å². The second-order valence-corrected chi connectivity index (χ2v) is 8.94. The highest BCUT2D eigenvalue weighted by Gasteiger charge is 2.19. The van der Waals surface area contributed by atoms with Gasteiger partial charge in [-0.05, 0) is 42.9 Å². The Morgan fingerprint density at radius 3 is 2.48 bits per heavy atom. The summed E-state index contributed by atoms with van der Waals surface area (Å²) in [6.07, 6.45) is 3.32. The van der Waals surface area contributed by atoms with Gasteiger partial charge in [0.15, 0.2) is 5.16 Å². The number of likely N-dealkylation sites (tertiary alicyclic amines) is 1. The summed E-state index contributed by atoms with van der Waals surface area (Å²) in [5, 5.41) is 0.811. The molecule has 6 heteroatoms. The van der Waals surface area contributed by atoms with Crippen LogP contribution in [0.5, 0.6) is 0 Å². The number of nitrogens with zero attached hydrogens (tertiary/aromatic N) is 4. The number of amides is 1. The first kappa shape index (κ1) is 21.6. The van der Waals surface area contributed by atoms with Crippen molar-refractivity contribution in [3.8, 4) is 0 Å². The minimum atomic E-state index is 0.151. The fourth-order valence-electron chi connectivity index (χ4n) is 3.43. The predicted octanol–water partition coefficient (Wildman–Crippen LogP) is 4.97. The molecular weight excluding hydrogens is 380 g/mol. The highest BCUT2D eigenvalue weighted by atomic mass is 32.2. The predicted molar refractivity (Wildman–Crippen MR) is 121 cm³/mol. The first-order chi connectivity index (χ1) is 14.0. The van der Waals surface area contributed by atoms with Crippen LogP contribution < -0.4 is 4.90 Å². The fraction of sp³-hybridized carbons (Fsp3) is 0.522. The maximum atomic E-state index is 12.5. The maximum absolute atomic E-state index is 12.5. The minimum absolute atomic E-state index is 0.151. The van der Waals surface area contributed by atoms with Gasteiger partial charge in [-0.25, -0.2) is 9.97 Å². The van der Waals surface area contributed by atoms with Gasteiger partial charge in [-0.1, -0.05) is 44.7 Å². The average Bonchev–Trinajstić information content (AvgIpc) is 3.27. The summed E-state index contributed by atoms with van der Waals surface area (Å²) >= 11 is 1.65. The number of thioether (sulfide) groups is 1. The lowest BCUT2D eigenvalue weighted by atomic mass is 10.1. The van der Waals surface area contributed by atoms with Crippen molar-refractivity contribution in [1.29, 1.82) is 0 Å². The molecule has 1 saturated heterocycles. The van der Waals surface area contributed by atoms with Crippen LogP contribution in [0.1, 0.15) is 67.6 Å². The number of carbonyl (C=O) groups is 1. The third-order valence-corrected chi connectivity index (χ3v) is 6.13. The molecule has 1 aromatic heterocycles. The van der Waals surface area contributed by atoms with Gasteiger partial charge in [-0.3, -0.25) is 4.79 Å². The smallest absolute Gasteiger partial charge is 0.253 e. The number of hydrogen-bond acceptors (Lipinski definition) is 5. The first-order valence-electron chi connectivity index (χ1n) is 10.6. The van der Waals surface area contributed by atoms with Gasteiger partial charge in [-0.15, -0.1) is 0 Å². The van der Waals surface area contributed by atoms with E-state index in [-0.39, 0.29) is 5.91 Å². The first-order valence-corrected chi connectivity index (χ1v) is 11.6. The summed E-state index contributed by atoms with van der Waals surface area (Å²) in [5.41, 5.74) is 3.03. The molecular formula is C23H32N4OS. The van der Waals surface area contributed by atoms with Crippen LogP contribution in [0.3, 0.4) is 0 Å². The van der Waals surface area contributed by atoms with Crippen molar-refractivity contribution in [2.45, 2.75) is 56.9 Å². The van der Waals surface area contributed by atoms with Crippen molar-refractivity contribution in [1.82, 2.24) is 14.9 Å². The molecule has 0 bridgehead atoms. The van der Waals surface area contributed by atoms with E-state index >= 15 is 0 Å². The van der Waals surface area contributed by atoms with Gasteiger partial charge in [-0.2, -0.15) is 0 Å². The van der Waals surface area contributed by atoms with Crippen LogP contribution in [0.25, 0.3) is 0 Å². The van der Waals surface area contributed by atoms with Crippen molar-refractivity contribution in [2.75, 3.05) is 31.6 Å². The summed E-state index contributed by atoms with van der Waals surface area (Å²) in [5.74, 6) is 2.29. The lowest BCUT2D eigenvalue weighted by molar-refractivity contribution is 0.0793. The average molecular weight is 413 g/mol. The Balaban J connectivity index is 1.67. The number of hydrogen-bond donors (Lipinski definition) is 0. The molecule has 1 fully saturated rings. The topological polar surface area (TPSA) is 49.3 Å². The zero-order chi connectivity index (χ0) is 20.8. The zero-order valence-electron chi connectivity index (χ0n) is 18.0. The van der Waals surface area contributed by atoms with E-state index in [1.807, 2.05) is 29.2 Å². The fourth-order valence-corrected chi connectivity index (χ4v) is 4.25. The molecule has 1 aliphatic heterocycles. The van der Waals surface area contributed by atoms with Crippen molar-refractivity contribution in [3.63, 3.8) is 0 Å². The molecule has 0 unspecified atom stereocenters. The Kier molecular flexibility index (Phi) is 7.53. The summed E-state index contributed by atoms with van der Waals surface area (Å²) in [6, 6.07) is 10.1. The monoisotopic (exact) mass is 412 g/mol. The molecule has 0 atom stereocenters. The van der Waals surface area contributed by atoms with Crippen molar-refractivity contribution < 1.29 is 4.79 Å². The normalized spacial score (nSPS) is 13.9. The van der Waals surface area contributed by atoms with Gasteiger partial charge in [0.05, 0.1) is 0 Å². The third-order valence-electron chi connectivity index (χ3n) is 5.22. The van der Waals surface area contributed by atoms with E-state index in [2.05, 4.69) is 38.8 Å². The second-order valence-electron chi connectivity index (χ2n) is 7.99. The highest BCUT2D eigenvalue weighted by Crippen LogP contribution is 2.25. The molecule has 0 spiro atoms. The molecule has 0 N–H and O–H groups in total. The quantitative estimate of drug-likeness (QED) is 0.452. The van der Waals surface area contributed by atoms with Crippen LogP contribution in [-0.4, -0.2) is 47.5 Å². The van der Waals surface area contributed by atoms with Crippen LogP contribution in [0.2, 0.25) is 0 Å². The Hall–Kier alpha value is -2.08. The van der Waals surface area contributed by atoms with Gasteiger partial charge in [0, 0.05) is 49.8 Å². The van der Waals surface area contributed by atoms with Crippen molar-refractivity contribution >= 4 is 23.5 Å². The Morgan fingerprint density at radius 2 is 1.86 bits per heavy atom. The largest absolute Gasteiger partial charge is 0.360 e. The lowest BCUT2D eigenvalue weighted by Gasteiger charge is -2.19. The van der Waals surface area contributed by atoms with E-state index in [9.17, 15) is 4.79 Å². The van der Waals surface area contributed by atoms with E-state index < -0.39 is 0 Å². The molecule has 156 valence electrons. The standard InChI is InChI=1S/C23H32N4OS/c1-5-12-26(4)21-15-20(17(2)3)24-23(25-21)29-16-18-8-10-19(11-9-18)22(28)27-13-6-7-14-27/h8-11,15,17H,5-7,12-14,16H2,1-4H3. The molecule has 0 aliphatic carbocycles. The van der Waals surface area contributed by atoms with Crippen LogP contribution in [0, 0.1) is 0 Å². The Bertz CT molecular complexity index is 816. The van der Waals surface area contributed by atoms with Gasteiger partial charge in [0.25, 0.3) is 5.91 Å². The summed E-state index contributed by atoms with van der Waals surface area (Å²) in [4.78, 5) is 26.1. The number of aromatic nitrogens is 2. The van der Waals surface area contributed by atoms with Gasteiger partial charge < -0.3 is 9.80 Å². The van der Waals surface area contributed by atoms with E-state index in [0.29, 0.717) is 5.92 Å². The molecule has 0 saturated carbocycles. The Morgan fingerprint density at radius 1 is 1.17 bits per heavy atom. The number of benzene rings is 1. The van der Waals surface area contributed by atoms with Crippen LogP contribution in [0.4, 0.5) is 5.82 Å². The van der Waals surface area contributed by atoms with E-state index in [1.54, 1.807) is 11.8 Å². The molecule has 1 aromatic carbocycles. The minimum Gasteiger partial charge on any atom is -0.360 e. The van der Waals surface area contributed by atoms with Crippen molar-refractivity contribution in [2.24, 2.45) is 0 Å². The SMILES string of the molecule is CCCN(C)c1cc(C(C)C)nc(SCc2ccc(C(=O)N3CCCC3)cc2)n1. The number of carbonyl (C=O) groups excluding carboxylic acids is 1. The van der Waals surface area contributed by atoms with E-state index in [4.69, 9.17) is 9.97 Å². The highest BCUT2D eigenvalue weighted by molar-refractivity contribution is 7.98. The Labute approximate surface area is 178 Å². The third kappa shape index (κ3) is 5.72. The summed E-state index contributed by atoms with van der Waals surface area (Å²) in [7, 11) is 2.08. The molecule has 2 heterocycles. The summed E-state index contributed by atoms with van der Waals surface area (Å²) < 4.78 is 0. The summed E-state index contributed by atoms with van der Waals surface area (Å²) in [6.45, 7) is 9.25. The van der Waals surface area contributed by atoms with Gasteiger partial charge in [0.2, 0.25) is 0 Å². The zero-order valence-corrected chi connectivity index (χ0v) is 18.8. The lowest BCUT2D eigenvalue weighted by Crippen LogP contribution is -2.27. The molecule has 1 amide bonds. The van der Waals surface area contributed by atoms with Crippen LogP contribution in [0.15, 0.2) is 35.5 Å². The molecule has 3 rings (SSSR count). The van der Waals surface area contributed by atoms with Gasteiger partial charge in [0.1, 0.15) is 5.82 Å². The number of anilines is 1. The molecule has 29 heavy (non-hydrogen) atoms. The van der Waals surface area contributed by atoms with E-state index in [0.717, 1.165) is 66.9 Å². The van der Waals surface area contributed by atoms with Crippen LogP contribution in [-0.2, 0) is 5.75 Å². The molecule has 0 radical (unpaired) electrons. The molecule has 1 aliphatic rings.